The fraction of sp³-hybridized carbons (Fsp3) is 0.0833. The van der Waals surface area contributed by atoms with Crippen molar-refractivity contribution in [3.8, 4) is 11.5 Å². The molecule has 0 spiro atoms. The summed E-state index contributed by atoms with van der Waals surface area (Å²) in [6.45, 7) is 0. The second-order valence-corrected chi connectivity index (χ2v) is 7.06. The van der Waals surface area contributed by atoms with Crippen molar-refractivity contribution in [2.75, 3.05) is 11.5 Å². The minimum atomic E-state index is 0.231. The van der Waals surface area contributed by atoms with Crippen molar-refractivity contribution in [1.29, 1.82) is 0 Å². The number of phenolic OH excluding ortho intramolecular Hbond substituents is 2. The highest BCUT2D eigenvalue weighted by atomic mass is 16.3. The Hall–Kier alpha value is -3.66. The van der Waals surface area contributed by atoms with Crippen LogP contribution >= 0.6 is 0 Å². The molecule has 0 bridgehead atoms. The van der Waals surface area contributed by atoms with E-state index in [1.54, 1.807) is 18.2 Å². The molecular formula is C24H22N2O2. The SMILES string of the molecule is Nc1cccc2c(N)c(Cc3ccc(O)c(Cc4ccc(O)cc4)c3)ccc12. The van der Waals surface area contributed by atoms with Gasteiger partial charge in [0.15, 0.2) is 0 Å². The summed E-state index contributed by atoms with van der Waals surface area (Å²) in [5, 5.41) is 21.6. The molecular weight excluding hydrogens is 348 g/mol. The van der Waals surface area contributed by atoms with Crippen molar-refractivity contribution in [3.05, 3.63) is 95.1 Å². The third kappa shape index (κ3) is 3.45. The number of benzene rings is 4. The first-order valence-electron chi connectivity index (χ1n) is 9.15. The highest BCUT2D eigenvalue weighted by molar-refractivity contribution is 6.01. The van der Waals surface area contributed by atoms with E-state index in [1.807, 2.05) is 54.6 Å². The number of nitrogens with two attached hydrogens (primary N) is 2. The maximum absolute atomic E-state index is 10.3. The van der Waals surface area contributed by atoms with Crippen molar-refractivity contribution in [2.45, 2.75) is 12.8 Å². The molecule has 4 rings (SSSR count). The van der Waals surface area contributed by atoms with E-state index >= 15 is 0 Å². The van der Waals surface area contributed by atoms with Gasteiger partial charge < -0.3 is 21.7 Å². The summed E-state index contributed by atoms with van der Waals surface area (Å²) in [6.07, 6.45) is 1.25. The topological polar surface area (TPSA) is 92.5 Å². The van der Waals surface area contributed by atoms with Gasteiger partial charge in [-0.1, -0.05) is 48.5 Å². The van der Waals surface area contributed by atoms with Gasteiger partial charge in [-0.15, -0.1) is 0 Å². The Balaban J connectivity index is 1.64. The minimum Gasteiger partial charge on any atom is -0.508 e. The van der Waals surface area contributed by atoms with E-state index in [-0.39, 0.29) is 11.5 Å². The maximum atomic E-state index is 10.3. The van der Waals surface area contributed by atoms with Crippen LogP contribution in [-0.4, -0.2) is 10.2 Å². The largest absolute Gasteiger partial charge is 0.508 e. The molecule has 4 nitrogen and oxygen atoms in total. The zero-order valence-corrected chi connectivity index (χ0v) is 15.4. The Labute approximate surface area is 163 Å². The van der Waals surface area contributed by atoms with Gasteiger partial charge in [0.25, 0.3) is 0 Å². The summed E-state index contributed by atoms with van der Waals surface area (Å²) in [5.41, 5.74) is 17.9. The summed E-state index contributed by atoms with van der Waals surface area (Å²) in [7, 11) is 0. The van der Waals surface area contributed by atoms with E-state index in [9.17, 15) is 10.2 Å². The number of anilines is 2. The number of aromatic hydroxyl groups is 2. The summed E-state index contributed by atoms with van der Waals surface area (Å²) in [4.78, 5) is 0. The van der Waals surface area contributed by atoms with E-state index in [4.69, 9.17) is 11.5 Å². The van der Waals surface area contributed by atoms with Crippen molar-refractivity contribution < 1.29 is 10.2 Å². The van der Waals surface area contributed by atoms with Crippen LogP contribution in [0, 0.1) is 0 Å². The van der Waals surface area contributed by atoms with Gasteiger partial charge in [-0.05, 0) is 52.9 Å². The number of hydrogen-bond donors (Lipinski definition) is 4. The smallest absolute Gasteiger partial charge is 0.119 e. The van der Waals surface area contributed by atoms with Crippen molar-refractivity contribution in [2.24, 2.45) is 0 Å². The van der Waals surface area contributed by atoms with E-state index in [0.29, 0.717) is 12.8 Å². The van der Waals surface area contributed by atoms with Crippen molar-refractivity contribution >= 4 is 22.1 Å². The number of phenols is 2. The molecule has 4 aromatic carbocycles. The zero-order chi connectivity index (χ0) is 19.7. The quantitative estimate of drug-likeness (QED) is 0.395. The Morgan fingerprint density at radius 1 is 0.643 bits per heavy atom. The van der Waals surface area contributed by atoms with Crippen LogP contribution in [0.2, 0.25) is 0 Å². The molecule has 0 aliphatic carbocycles. The highest BCUT2D eigenvalue weighted by Gasteiger charge is 2.10. The molecule has 0 aliphatic rings. The van der Waals surface area contributed by atoms with Gasteiger partial charge >= 0.3 is 0 Å². The highest BCUT2D eigenvalue weighted by Crippen LogP contribution is 2.31. The normalized spacial score (nSPS) is 11.0. The molecule has 4 heteroatoms. The Bertz CT molecular complexity index is 1150. The molecule has 6 N–H and O–H groups in total. The van der Waals surface area contributed by atoms with E-state index in [1.165, 1.54) is 0 Å². The van der Waals surface area contributed by atoms with Gasteiger partial charge in [0.05, 0.1) is 0 Å². The molecule has 0 amide bonds. The van der Waals surface area contributed by atoms with Crippen LogP contribution in [0.25, 0.3) is 10.8 Å². The third-order valence-electron chi connectivity index (χ3n) is 5.10. The summed E-state index contributed by atoms with van der Waals surface area (Å²) >= 11 is 0. The second kappa shape index (κ2) is 7.16. The summed E-state index contributed by atoms with van der Waals surface area (Å²) in [5.74, 6) is 0.491. The molecule has 0 saturated carbocycles. The summed E-state index contributed by atoms with van der Waals surface area (Å²) in [6, 6.07) is 22.4. The van der Waals surface area contributed by atoms with Crippen LogP contribution in [0.3, 0.4) is 0 Å². The first-order chi connectivity index (χ1) is 13.5. The van der Waals surface area contributed by atoms with Crippen LogP contribution in [0.15, 0.2) is 72.8 Å². The molecule has 0 saturated heterocycles. The number of fused-ring (bicyclic) bond motifs is 1. The molecule has 0 heterocycles. The number of nitrogen functional groups attached to an aromatic ring is 2. The van der Waals surface area contributed by atoms with Crippen LogP contribution in [0.4, 0.5) is 11.4 Å². The molecule has 0 atom stereocenters. The number of rotatable bonds is 4. The second-order valence-electron chi connectivity index (χ2n) is 7.06. The molecule has 0 radical (unpaired) electrons. The first kappa shape index (κ1) is 17.7. The standard InChI is InChI=1S/C24H22N2O2/c25-22-3-1-2-21-20(22)10-7-17(24(21)26)13-16-6-11-23(28)18(14-16)12-15-4-8-19(27)9-5-15/h1-11,14,27-28H,12-13,25-26H2. The monoisotopic (exact) mass is 370 g/mol. The lowest BCUT2D eigenvalue weighted by molar-refractivity contribution is 0.469. The van der Waals surface area contributed by atoms with E-state index < -0.39 is 0 Å². The predicted molar refractivity (Wildman–Crippen MR) is 115 cm³/mol. The lowest BCUT2D eigenvalue weighted by atomic mass is 9.95. The van der Waals surface area contributed by atoms with Gasteiger partial charge in [-0.3, -0.25) is 0 Å². The van der Waals surface area contributed by atoms with Crippen molar-refractivity contribution in [3.63, 3.8) is 0 Å². The average molecular weight is 370 g/mol. The van der Waals surface area contributed by atoms with E-state index in [2.05, 4.69) is 0 Å². The van der Waals surface area contributed by atoms with Crippen molar-refractivity contribution in [1.82, 2.24) is 0 Å². The van der Waals surface area contributed by atoms with Crippen LogP contribution in [0.5, 0.6) is 11.5 Å². The minimum absolute atomic E-state index is 0.231. The average Bonchev–Trinajstić information content (AvgIpc) is 2.69. The molecule has 140 valence electrons. The fourth-order valence-electron chi connectivity index (χ4n) is 3.55. The summed E-state index contributed by atoms with van der Waals surface area (Å²) < 4.78 is 0. The van der Waals surface area contributed by atoms with Gasteiger partial charge in [0, 0.05) is 28.6 Å². The first-order valence-corrected chi connectivity index (χ1v) is 9.15. The van der Waals surface area contributed by atoms with Gasteiger partial charge in [-0.25, -0.2) is 0 Å². The van der Waals surface area contributed by atoms with Crippen LogP contribution in [-0.2, 0) is 12.8 Å². The van der Waals surface area contributed by atoms with Gasteiger partial charge in [-0.2, -0.15) is 0 Å². The van der Waals surface area contributed by atoms with Gasteiger partial charge in [0.1, 0.15) is 11.5 Å². The van der Waals surface area contributed by atoms with Crippen LogP contribution < -0.4 is 11.5 Å². The molecule has 28 heavy (non-hydrogen) atoms. The Morgan fingerprint density at radius 3 is 2.14 bits per heavy atom. The predicted octanol–water partition coefficient (Wildman–Crippen LogP) is 4.60. The maximum Gasteiger partial charge on any atom is 0.119 e. The van der Waals surface area contributed by atoms with E-state index in [0.717, 1.165) is 44.4 Å². The molecule has 0 fully saturated rings. The Kier molecular flexibility index (Phi) is 4.53. The number of hydrogen-bond acceptors (Lipinski definition) is 4. The lowest BCUT2D eigenvalue weighted by Gasteiger charge is -2.12. The molecule has 0 aromatic heterocycles. The lowest BCUT2D eigenvalue weighted by Crippen LogP contribution is -1.99. The molecule has 0 aliphatic heterocycles. The Morgan fingerprint density at radius 2 is 1.36 bits per heavy atom. The third-order valence-corrected chi connectivity index (χ3v) is 5.10. The van der Waals surface area contributed by atoms with Gasteiger partial charge in [0.2, 0.25) is 0 Å². The molecule has 0 unspecified atom stereocenters. The van der Waals surface area contributed by atoms with Crippen LogP contribution in [0.1, 0.15) is 22.3 Å². The zero-order valence-electron chi connectivity index (χ0n) is 15.4. The molecule has 4 aromatic rings. The fourth-order valence-corrected chi connectivity index (χ4v) is 3.55.